The minimum Gasteiger partial charge on any atom is -0.466 e. The van der Waals surface area contributed by atoms with Crippen LogP contribution in [0.4, 0.5) is 5.69 Å². The fraction of sp³-hybridized carbons (Fsp3) is 0.222. The van der Waals surface area contributed by atoms with Crippen LogP contribution >= 0.6 is 15.9 Å². The van der Waals surface area contributed by atoms with Crippen LogP contribution in [0.15, 0.2) is 53.0 Å². The Hall–Kier alpha value is -2.14. The van der Waals surface area contributed by atoms with Gasteiger partial charge in [0.1, 0.15) is 5.69 Å². The van der Waals surface area contributed by atoms with E-state index in [4.69, 9.17) is 4.74 Å². The van der Waals surface area contributed by atoms with Gasteiger partial charge in [-0.2, -0.15) is 0 Å². The number of amidine groups is 1. The van der Waals surface area contributed by atoms with E-state index in [-0.39, 0.29) is 18.6 Å². The van der Waals surface area contributed by atoms with Gasteiger partial charge in [-0.3, -0.25) is 0 Å². The number of benzene rings is 2. The Morgan fingerprint density at radius 2 is 2.00 bits per heavy atom. The third-order valence-corrected chi connectivity index (χ3v) is 4.50. The first-order valence-electron chi connectivity index (χ1n) is 7.38. The SMILES string of the molecule is COC(=O)C[N+]1=C(C)Nc2ccc(Br)cc2[C@H]1c1ccccc1. The molecular formula is C18H18BrN2O2+. The Morgan fingerprint density at radius 3 is 2.70 bits per heavy atom. The highest BCUT2D eigenvalue weighted by Gasteiger charge is 2.34. The molecular weight excluding hydrogens is 356 g/mol. The Balaban J connectivity index is 2.15. The molecule has 3 rings (SSSR count). The quantitative estimate of drug-likeness (QED) is 0.660. The molecule has 0 radical (unpaired) electrons. The Labute approximate surface area is 143 Å². The molecule has 0 aromatic heterocycles. The molecule has 0 amide bonds. The summed E-state index contributed by atoms with van der Waals surface area (Å²) in [6, 6.07) is 16.3. The van der Waals surface area contributed by atoms with E-state index in [0.29, 0.717) is 0 Å². The molecule has 0 spiro atoms. The number of hydrogen-bond donors (Lipinski definition) is 1. The number of carbonyl (C=O) groups is 1. The standard InChI is InChI=1S/C18H17BrN2O2/c1-12-20-16-9-8-14(19)10-15(16)18(13-6-4-3-5-7-13)21(12)11-17(22)23-2/h3-10,18H,11H2,1-2H3/p+1/t18-/m1/s1. The number of esters is 1. The highest BCUT2D eigenvalue weighted by Crippen LogP contribution is 2.36. The monoisotopic (exact) mass is 373 g/mol. The Bertz CT molecular complexity index is 772. The first-order chi connectivity index (χ1) is 11.1. The van der Waals surface area contributed by atoms with Crippen LogP contribution in [0, 0.1) is 0 Å². The van der Waals surface area contributed by atoms with Gasteiger partial charge in [-0.15, -0.1) is 0 Å². The van der Waals surface area contributed by atoms with E-state index in [9.17, 15) is 4.79 Å². The van der Waals surface area contributed by atoms with Crippen molar-refractivity contribution < 1.29 is 14.1 Å². The molecule has 1 aliphatic rings. The molecule has 2 aromatic rings. The molecule has 1 atom stereocenters. The number of nitrogens with one attached hydrogen (secondary N) is 1. The van der Waals surface area contributed by atoms with E-state index >= 15 is 0 Å². The number of fused-ring (bicyclic) bond motifs is 1. The zero-order chi connectivity index (χ0) is 16.4. The van der Waals surface area contributed by atoms with E-state index in [0.717, 1.165) is 27.1 Å². The molecule has 4 nitrogen and oxygen atoms in total. The van der Waals surface area contributed by atoms with Crippen molar-refractivity contribution in [2.45, 2.75) is 13.0 Å². The zero-order valence-electron chi connectivity index (χ0n) is 13.0. The average Bonchev–Trinajstić information content (AvgIpc) is 2.56. The van der Waals surface area contributed by atoms with E-state index in [2.05, 4.69) is 39.4 Å². The number of rotatable bonds is 3. The van der Waals surface area contributed by atoms with Gasteiger partial charge in [-0.25, -0.2) is 14.7 Å². The maximum atomic E-state index is 11.9. The summed E-state index contributed by atoms with van der Waals surface area (Å²) in [7, 11) is 1.41. The predicted molar refractivity (Wildman–Crippen MR) is 93.9 cm³/mol. The molecule has 118 valence electrons. The predicted octanol–water partition coefficient (Wildman–Crippen LogP) is 3.57. The molecule has 0 aliphatic carbocycles. The van der Waals surface area contributed by atoms with Gasteiger partial charge in [0.2, 0.25) is 5.84 Å². The molecule has 2 aromatic carbocycles. The van der Waals surface area contributed by atoms with Gasteiger partial charge in [-0.05, 0) is 18.2 Å². The fourth-order valence-corrected chi connectivity index (χ4v) is 3.29. The first kappa shape index (κ1) is 15.7. The van der Waals surface area contributed by atoms with Gasteiger partial charge in [0.05, 0.1) is 7.11 Å². The lowest BCUT2D eigenvalue weighted by Crippen LogP contribution is -2.38. The summed E-state index contributed by atoms with van der Waals surface area (Å²) < 4.78 is 7.91. The molecule has 0 fully saturated rings. The second-order valence-corrected chi connectivity index (χ2v) is 6.37. The van der Waals surface area contributed by atoms with E-state index in [1.165, 1.54) is 7.11 Å². The van der Waals surface area contributed by atoms with E-state index in [1.807, 2.05) is 41.8 Å². The van der Waals surface area contributed by atoms with Crippen molar-refractivity contribution in [1.29, 1.82) is 0 Å². The summed E-state index contributed by atoms with van der Waals surface area (Å²) in [6.07, 6.45) is 0. The van der Waals surface area contributed by atoms with Gasteiger partial charge in [0, 0.05) is 22.5 Å². The summed E-state index contributed by atoms with van der Waals surface area (Å²) in [5.74, 6) is 0.671. The molecule has 0 saturated carbocycles. The average molecular weight is 374 g/mol. The van der Waals surface area contributed by atoms with Crippen LogP contribution in [0.5, 0.6) is 0 Å². The number of carbonyl (C=O) groups excluding carboxylic acids is 1. The van der Waals surface area contributed by atoms with Gasteiger partial charge in [0.15, 0.2) is 12.6 Å². The first-order valence-corrected chi connectivity index (χ1v) is 8.18. The molecule has 1 aliphatic heterocycles. The van der Waals surface area contributed by atoms with Crippen molar-refractivity contribution in [2.75, 3.05) is 19.0 Å². The highest BCUT2D eigenvalue weighted by molar-refractivity contribution is 9.10. The van der Waals surface area contributed by atoms with Crippen molar-refractivity contribution >= 4 is 33.4 Å². The normalized spacial score (nSPS) is 16.6. The van der Waals surface area contributed by atoms with Crippen molar-refractivity contribution in [3.8, 4) is 0 Å². The second kappa shape index (κ2) is 6.54. The maximum Gasteiger partial charge on any atom is 0.347 e. The number of methoxy groups -OCH3 is 1. The van der Waals surface area contributed by atoms with Crippen LogP contribution in [-0.4, -0.2) is 30.0 Å². The van der Waals surface area contributed by atoms with Crippen LogP contribution in [0.2, 0.25) is 0 Å². The number of halogens is 1. The summed E-state index contributed by atoms with van der Waals surface area (Å²) >= 11 is 3.55. The summed E-state index contributed by atoms with van der Waals surface area (Å²) in [6.45, 7) is 2.17. The molecule has 0 saturated heterocycles. The van der Waals surface area contributed by atoms with Gasteiger partial charge in [-0.1, -0.05) is 46.3 Å². The van der Waals surface area contributed by atoms with Gasteiger partial charge < -0.3 is 4.74 Å². The minimum absolute atomic E-state index is 0.0379. The van der Waals surface area contributed by atoms with Crippen molar-refractivity contribution in [1.82, 2.24) is 0 Å². The Morgan fingerprint density at radius 1 is 1.26 bits per heavy atom. The van der Waals surface area contributed by atoms with Gasteiger partial charge in [0.25, 0.3) is 0 Å². The summed E-state index contributed by atoms with van der Waals surface area (Å²) in [4.78, 5) is 11.9. The van der Waals surface area contributed by atoms with E-state index < -0.39 is 0 Å². The lowest BCUT2D eigenvalue weighted by atomic mass is 9.94. The topological polar surface area (TPSA) is 41.3 Å². The molecule has 1 heterocycles. The number of nitrogens with zero attached hydrogens (tertiary/aromatic N) is 1. The number of ether oxygens (including phenoxy) is 1. The van der Waals surface area contributed by atoms with Crippen LogP contribution in [-0.2, 0) is 9.53 Å². The molecule has 0 bridgehead atoms. The van der Waals surface area contributed by atoms with Gasteiger partial charge >= 0.3 is 5.97 Å². The molecule has 1 N–H and O–H groups in total. The van der Waals surface area contributed by atoms with Crippen LogP contribution in [0.1, 0.15) is 24.1 Å². The Kier molecular flexibility index (Phi) is 4.48. The van der Waals surface area contributed by atoms with E-state index in [1.54, 1.807) is 0 Å². The summed E-state index contributed by atoms with van der Waals surface area (Å²) in [5.41, 5.74) is 3.32. The lowest BCUT2D eigenvalue weighted by molar-refractivity contribution is -0.554. The third kappa shape index (κ3) is 3.15. The van der Waals surface area contributed by atoms with Crippen molar-refractivity contribution in [2.24, 2.45) is 0 Å². The van der Waals surface area contributed by atoms with Crippen molar-refractivity contribution in [3.05, 3.63) is 64.1 Å². The molecule has 0 unspecified atom stereocenters. The molecule has 5 heteroatoms. The fourth-order valence-electron chi connectivity index (χ4n) is 2.91. The number of anilines is 1. The smallest absolute Gasteiger partial charge is 0.347 e. The van der Waals surface area contributed by atoms with Crippen molar-refractivity contribution in [3.63, 3.8) is 0 Å². The summed E-state index contributed by atoms with van der Waals surface area (Å²) in [5, 5.41) is 3.38. The minimum atomic E-state index is -0.259. The van der Waals surface area contributed by atoms with Crippen LogP contribution in [0.3, 0.4) is 0 Å². The zero-order valence-corrected chi connectivity index (χ0v) is 14.6. The van der Waals surface area contributed by atoms with Crippen LogP contribution in [0.25, 0.3) is 0 Å². The lowest BCUT2D eigenvalue weighted by Gasteiger charge is -2.27. The third-order valence-electron chi connectivity index (χ3n) is 4.01. The largest absolute Gasteiger partial charge is 0.466 e. The number of hydrogen-bond acceptors (Lipinski definition) is 3. The second-order valence-electron chi connectivity index (χ2n) is 5.46. The maximum absolute atomic E-state index is 11.9. The molecule has 23 heavy (non-hydrogen) atoms. The van der Waals surface area contributed by atoms with Crippen LogP contribution < -0.4 is 5.32 Å². The highest BCUT2D eigenvalue weighted by atomic mass is 79.9.